The summed E-state index contributed by atoms with van der Waals surface area (Å²) >= 11 is 0. The molecule has 0 aliphatic rings. The van der Waals surface area contributed by atoms with Crippen molar-refractivity contribution in [3.63, 3.8) is 0 Å². The summed E-state index contributed by atoms with van der Waals surface area (Å²) in [6.45, 7) is 8.47. The van der Waals surface area contributed by atoms with E-state index in [1.807, 2.05) is 35.4 Å². The molecular formula is C18H26N4OSi. The molecule has 0 aliphatic heterocycles. The van der Waals surface area contributed by atoms with Gasteiger partial charge in [-0.05, 0) is 30.3 Å². The van der Waals surface area contributed by atoms with Crippen molar-refractivity contribution in [1.29, 1.82) is 0 Å². The maximum Gasteiger partial charge on any atom is 0.123 e. The lowest BCUT2D eigenvalue weighted by atomic mass is 9.98. The number of rotatable bonds is 8. The maximum atomic E-state index is 5.81. The monoisotopic (exact) mass is 342 g/mol. The number of hydrogen-bond acceptors (Lipinski definition) is 2. The molecule has 3 aromatic heterocycles. The number of aromatic amines is 2. The van der Waals surface area contributed by atoms with Gasteiger partial charge in [0.2, 0.25) is 0 Å². The molecule has 6 heteroatoms. The van der Waals surface area contributed by atoms with Gasteiger partial charge in [-0.3, -0.25) is 0 Å². The molecule has 0 bridgehead atoms. The molecule has 0 aliphatic carbocycles. The average Bonchev–Trinajstić information content (AvgIpc) is 3.27. The first-order valence-corrected chi connectivity index (χ1v) is 12.1. The van der Waals surface area contributed by atoms with Crippen LogP contribution in [0.15, 0.2) is 49.2 Å². The van der Waals surface area contributed by atoms with E-state index in [-0.39, 0.29) is 5.92 Å². The predicted molar refractivity (Wildman–Crippen MR) is 98.9 cm³/mol. The second-order valence-corrected chi connectivity index (χ2v) is 13.0. The second kappa shape index (κ2) is 7.23. The Morgan fingerprint density at radius 3 is 2.33 bits per heavy atom. The highest BCUT2D eigenvalue weighted by molar-refractivity contribution is 6.76. The molecule has 0 saturated carbocycles. The highest BCUT2D eigenvalue weighted by Crippen LogP contribution is 2.28. The first kappa shape index (κ1) is 16.8. The summed E-state index contributed by atoms with van der Waals surface area (Å²) < 4.78 is 7.82. The van der Waals surface area contributed by atoms with Crippen LogP contribution in [0.25, 0.3) is 0 Å². The Hall–Kier alpha value is -2.05. The number of imidazole rings is 1. The molecule has 0 aromatic carbocycles. The van der Waals surface area contributed by atoms with Gasteiger partial charge >= 0.3 is 0 Å². The lowest BCUT2D eigenvalue weighted by Crippen LogP contribution is -2.21. The van der Waals surface area contributed by atoms with Crippen molar-refractivity contribution in [3.05, 3.63) is 66.3 Å². The van der Waals surface area contributed by atoms with Crippen molar-refractivity contribution in [2.75, 3.05) is 6.61 Å². The van der Waals surface area contributed by atoms with Crippen LogP contribution in [0, 0.1) is 0 Å². The maximum absolute atomic E-state index is 5.81. The zero-order chi connectivity index (χ0) is 17.0. The van der Waals surface area contributed by atoms with Crippen molar-refractivity contribution in [3.8, 4) is 0 Å². The number of nitrogens with zero attached hydrogens (tertiary/aromatic N) is 2. The van der Waals surface area contributed by atoms with E-state index in [1.165, 1.54) is 6.04 Å². The van der Waals surface area contributed by atoms with E-state index < -0.39 is 8.07 Å². The molecule has 0 spiro atoms. The van der Waals surface area contributed by atoms with Gasteiger partial charge in [-0.25, -0.2) is 4.98 Å². The Bertz CT molecular complexity index is 691. The van der Waals surface area contributed by atoms with Crippen molar-refractivity contribution in [1.82, 2.24) is 19.5 Å². The molecule has 0 amide bonds. The normalized spacial score (nSPS) is 12.2. The lowest BCUT2D eigenvalue weighted by Gasteiger charge is -2.15. The molecule has 0 atom stereocenters. The molecule has 0 unspecified atom stereocenters. The van der Waals surface area contributed by atoms with E-state index >= 15 is 0 Å². The fraction of sp³-hybridized carbons (Fsp3) is 0.389. The summed E-state index contributed by atoms with van der Waals surface area (Å²) in [5.74, 6) is 0.0817. The first-order chi connectivity index (χ1) is 11.5. The van der Waals surface area contributed by atoms with E-state index in [1.54, 1.807) is 0 Å². The van der Waals surface area contributed by atoms with Crippen molar-refractivity contribution < 1.29 is 4.74 Å². The van der Waals surface area contributed by atoms with E-state index in [4.69, 9.17) is 4.74 Å². The van der Waals surface area contributed by atoms with Crippen LogP contribution in [0.1, 0.15) is 23.0 Å². The molecule has 24 heavy (non-hydrogen) atoms. The van der Waals surface area contributed by atoms with Crippen LogP contribution in [0.2, 0.25) is 25.7 Å². The third-order valence-electron chi connectivity index (χ3n) is 4.05. The van der Waals surface area contributed by atoms with Crippen LogP contribution in [0.5, 0.6) is 0 Å². The number of H-pyrrole nitrogens is 2. The Kier molecular flexibility index (Phi) is 5.06. The van der Waals surface area contributed by atoms with Crippen LogP contribution in [-0.2, 0) is 11.5 Å². The minimum absolute atomic E-state index is 0.0817. The Labute approximate surface area is 144 Å². The predicted octanol–water partition coefficient (Wildman–Crippen LogP) is 4.03. The van der Waals surface area contributed by atoms with E-state index in [0.29, 0.717) is 6.73 Å². The summed E-state index contributed by atoms with van der Waals surface area (Å²) in [7, 11) is -1.04. The van der Waals surface area contributed by atoms with Gasteiger partial charge in [0, 0.05) is 44.7 Å². The van der Waals surface area contributed by atoms with Gasteiger partial charge in [0.1, 0.15) is 6.73 Å². The Morgan fingerprint density at radius 2 is 1.79 bits per heavy atom. The lowest BCUT2D eigenvalue weighted by molar-refractivity contribution is 0.0871. The molecule has 128 valence electrons. The van der Waals surface area contributed by atoms with E-state index in [9.17, 15) is 0 Å². The molecule has 2 N–H and O–H groups in total. The summed E-state index contributed by atoms with van der Waals surface area (Å²) in [4.78, 5) is 11.2. The zero-order valence-corrected chi connectivity index (χ0v) is 15.6. The quantitative estimate of drug-likeness (QED) is 0.479. The summed E-state index contributed by atoms with van der Waals surface area (Å²) in [6, 6.07) is 9.40. The summed E-state index contributed by atoms with van der Waals surface area (Å²) in [5.41, 5.74) is 3.26. The van der Waals surface area contributed by atoms with Gasteiger partial charge in [-0.15, -0.1) is 0 Å². The fourth-order valence-electron chi connectivity index (χ4n) is 2.68. The van der Waals surface area contributed by atoms with Crippen molar-refractivity contribution in [2.45, 2.75) is 38.3 Å². The SMILES string of the molecule is C[Si](C)(C)CCOCn1cnc(C(c2ccc[nH]2)c2ccc[nH]2)c1. The van der Waals surface area contributed by atoms with Crippen molar-refractivity contribution >= 4 is 8.07 Å². The third-order valence-corrected chi connectivity index (χ3v) is 5.76. The Morgan fingerprint density at radius 1 is 1.12 bits per heavy atom. The van der Waals surface area contributed by atoms with E-state index in [2.05, 4.69) is 52.9 Å². The fourth-order valence-corrected chi connectivity index (χ4v) is 3.44. The number of nitrogens with one attached hydrogen (secondary N) is 2. The van der Waals surface area contributed by atoms with Crippen LogP contribution >= 0.6 is 0 Å². The molecule has 0 fully saturated rings. The molecule has 0 radical (unpaired) electrons. The second-order valence-electron chi connectivity index (χ2n) is 7.34. The molecule has 5 nitrogen and oxygen atoms in total. The van der Waals surface area contributed by atoms with Crippen molar-refractivity contribution in [2.24, 2.45) is 0 Å². The average molecular weight is 343 g/mol. The smallest absolute Gasteiger partial charge is 0.123 e. The Balaban J connectivity index is 1.69. The van der Waals surface area contributed by atoms with Gasteiger partial charge in [-0.1, -0.05) is 19.6 Å². The highest BCUT2D eigenvalue weighted by atomic mass is 28.3. The molecule has 3 rings (SSSR count). The molecular weight excluding hydrogens is 316 g/mol. The topological polar surface area (TPSA) is 58.6 Å². The molecule has 3 heterocycles. The summed E-state index contributed by atoms with van der Waals surface area (Å²) in [5, 5.41) is 0. The molecule has 0 saturated heterocycles. The third kappa shape index (κ3) is 4.27. The van der Waals surface area contributed by atoms with Crippen LogP contribution in [0.3, 0.4) is 0 Å². The minimum Gasteiger partial charge on any atom is -0.364 e. The van der Waals surface area contributed by atoms with Crippen LogP contribution in [-0.4, -0.2) is 34.2 Å². The minimum atomic E-state index is -1.04. The van der Waals surface area contributed by atoms with Gasteiger partial charge in [-0.2, -0.15) is 0 Å². The molecule has 3 aromatic rings. The number of hydrogen-bond donors (Lipinski definition) is 2. The van der Waals surface area contributed by atoms with Gasteiger partial charge < -0.3 is 19.3 Å². The first-order valence-electron chi connectivity index (χ1n) is 8.39. The van der Waals surface area contributed by atoms with Gasteiger partial charge in [0.25, 0.3) is 0 Å². The number of aromatic nitrogens is 4. The largest absolute Gasteiger partial charge is 0.364 e. The van der Waals surface area contributed by atoms with Gasteiger partial charge in [0.05, 0.1) is 17.9 Å². The summed E-state index contributed by atoms with van der Waals surface area (Å²) in [6.07, 6.45) is 7.81. The highest BCUT2D eigenvalue weighted by Gasteiger charge is 2.21. The van der Waals surface area contributed by atoms with Crippen LogP contribution < -0.4 is 0 Å². The van der Waals surface area contributed by atoms with E-state index in [0.717, 1.165) is 23.7 Å². The van der Waals surface area contributed by atoms with Crippen LogP contribution in [0.4, 0.5) is 0 Å². The zero-order valence-electron chi connectivity index (χ0n) is 14.6. The number of ether oxygens (including phenoxy) is 1. The van der Waals surface area contributed by atoms with Gasteiger partial charge in [0.15, 0.2) is 0 Å². The standard InChI is InChI=1S/C18H26N4OSi/c1-24(2,3)11-10-23-14-22-12-17(21-13-22)18(15-6-4-8-19-15)16-7-5-9-20-16/h4-9,12-13,18-20H,10-11,14H2,1-3H3.